The third-order valence-electron chi connectivity index (χ3n) is 3.91. The molecule has 0 saturated carbocycles. The number of aliphatic carboxylic acids is 1. The van der Waals surface area contributed by atoms with Crippen LogP contribution in [-0.2, 0) is 9.59 Å². The van der Waals surface area contributed by atoms with Gasteiger partial charge in [-0.1, -0.05) is 30.7 Å². The molecule has 0 bridgehead atoms. The van der Waals surface area contributed by atoms with Crippen molar-refractivity contribution in [3.05, 3.63) is 41.5 Å². The maximum Gasteiger partial charge on any atom is 0.328 e. The van der Waals surface area contributed by atoms with Crippen molar-refractivity contribution in [3.63, 3.8) is 0 Å². The van der Waals surface area contributed by atoms with Crippen LogP contribution in [0.15, 0.2) is 30.3 Å². The number of amides is 1. The highest BCUT2D eigenvalue weighted by Gasteiger charge is 2.22. The molecule has 1 aliphatic heterocycles. The fourth-order valence-electron chi connectivity index (χ4n) is 2.65. The first-order valence-corrected chi connectivity index (χ1v) is 7.38. The Balaban J connectivity index is 2.10. The molecule has 1 heterocycles. The van der Waals surface area contributed by atoms with Crippen LogP contribution >= 0.6 is 0 Å². The topological polar surface area (TPSA) is 57.6 Å². The minimum absolute atomic E-state index is 0.0631. The molecule has 0 aliphatic carbocycles. The van der Waals surface area contributed by atoms with Crippen LogP contribution in [0.5, 0.6) is 0 Å². The molecule has 21 heavy (non-hydrogen) atoms. The Labute approximate surface area is 125 Å². The molecule has 4 nitrogen and oxygen atoms in total. The van der Waals surface area contributed by atoms with Gasteiger partial charge in [0.05, 0.1) is 6.04 Å². The van der Waals surface area contributed by atoms with Crippen LogP contribution in [0.4, 0.5) is 0 Å². The number of hydrogen-bond donors (Lipinski definition) is 1. The van der Waals surface area contributed by atoms with Crippen molar-refractivity contribution >= 4 is 18.0 Å². The Morgan fingerprint density at radius 1 is 1.24 bits per heavy atom. The number of nitrogens with zero attached hydrogens (tertiary/aromatic N) is 1. The van der Waals surface area contributed by atoms with E-state index < -0.39 is 5.97 Å². The van der Waals surface area contributed by atoms with Gasteiger partial charge >= 0.3 is 5.97 Å². The molecule has 1 N–H and O–H groups in total. The average molecular weight is 287 g/mol. The Bertz CT molecular complexity index is 533. The largest absolute Gasteiger partial charge is 0.478 e. The van der Waals surface area contributed by atoms with E-state index in [0.717, 1.165) is 43.0 Å². The number of carboxylic acids is 1. The number of hydrogen-bond acceptors (Lipinski definition) is 2. The molecular formula is C17H21NO3. The zero-order valence-corrected chi connectivity index (χ0v) is 12.3. The van der Waals surface area contributed by atoms with E-state index in [0.29, 0.717) is 6.42 Å². The molecule has 2 rings (SSSR count). The van der Waals surface area contributed by atoms with E-state index in [-0.39, 0.29) is 11.9 Å². The van der Waals surface area contributed by atoms with Gasteiger partial charge in [0.15, 0.2) is 0 Å². The van der Waals surface area contributed by atoms with Gasteiger partial charge in [-0.2, -0.15) is 0 Å². The average Bonchev–Trinajstić information content (AvgIpc) is 2.69. The smallest absolute Gasteiger partial charge is 0.328 e. The summed E-state index contributed by atoms with van der Waals surface area (Å²) in [7, 11) is 0. The number of likely N-dealkylation sites (tertiary alicyclic amines) is 1. The van der Waals surface area contributed by atoms with E-state index in [1.54, 1.807) is 6.08 Å². The van der Waals surface area contributed by atoms with Gasteiger partial charge in [0.1, 0.15) is 0 Å². The summed E-state index contributed by atoms with van der Waals surface area (Å²) in [6, 6.07) is 7.75. The number of benzene rings is 1. The summed E-state index contributed by atoms with van der Waals surface area (Å²) >= 11 is 0. The normalized spacial score (nSPS) is 17.8. The van der Waals surface area contributed by atoms with E-state index in [2.05, 4.69) is 0 Å². The van der Waals surface area contributed by atoms with E-state index in [4.69, 9.17) is 5.11 Å². The monoisotopic (exact) mass is 287 g/mol. The van der Waals surface area contributed by atoms with Crippen molar-refractivity contribution in [2.24, 2.45) is 0 Å². The van der Waals surface area contributed by atoms with Gasteiger partial charge in [-0.25, -0.2) is 4.79 Å². The predicted octanol–water partition coefficient (Wildman–Crippen LogP) is 3.25. The minimum Gasteiger partial charge on any atom is -0.478 e. The van der Waals surface area contributed by atoms with Crippen molar-refractivity contribution in [1.82, 2.24) is 4.90 Å². The van der Waals surface area contributed by atoms with E-state index in [1.807, 2.05) is 36.1 Å². The number of carbonyl (C=O) groups is 2. The van der Waals surface area contributed by atoms with Crippen molar-refractivity contribution in [2.45, 2.75) is 38.6 Å². The van der Waals surface area contributed by atoms with Crippen LogP contribution in [0, 0.1) is 0 Å². The molecule has 4 heteroatoms. The summed E-state index contributed by atoms with van der Waals surface area (Å²) in [6.45, 7) is 2.87. The van der Waals surface area contributed by atoms with Gasteiger partial charge in [-0.15, -0.1) is 0 Å². The molecule has 1 saturated heterocycles. The molecule has 1 unspecified atom stereocenters. The SMILES string of the molecule is CC(c1ccc(C=CC(=O)O)cc1)N1CCCCCC1=O. The molecule has 0 aromatic heterocycles. The summed E-state index contributed by atoms with van der Waals surface area (Å²) in [5.74, 6) is -0.725. The fourth-order valence-corrected chi connectivity index (χ4v) is 2.65. The Morgan fingerprint density at radius 3 is 2.62 bits per heavy atom. The lowest BCUT2D eigenvalue weighted by molar-refractivity contribution is -0.133. The molecule has 112 valence electrons. The molecule has 1 aliphatic rings. The zero-order chi connectivity index (χ0) is 15.2. The number of rotatable bonds is 4. The van der Waals surface area contributed by atoms with Crippen LogP contribution < -0.4 is 0 Å². The van der Waals surface area contributed by atoms with E-state index in [9.17, 15) is 9.59 Å². The summed E-state index contributed by atoms with van der Waals surface area (Å²) in [5, 5.41) is 8.61. The summed E-state index contributed by atoms with van der Waals surface area (Å²) in [5.41, 5.74) is 1.92. The van der Waals surface area contributed by atoms with Crippen LogP contribution in [0.25, 0.3) is 6.08 Å². The van der Waals surface area contributed by atoms with Crippen molar-refractivity contribution in [3.8, 4) is 0 Å². The van der Waals surface area contributed by atoms with Crippen LogP contribution in [0.2, 0.25) is 0 Å². The second-order valence-electron chi connectivity index (χ2n) is 5.41. The minimum atomic E-state index is -0.956. The maximum absolute atomic E-state index is 12.1. The highest BCUT2D eigenvalue weighted by Crippen LogP contribution is 2.25. The lowest BCUT2D eigenvalue weighted by Crippen LogP contribution is -2.32. The third-order valence-corrected chi connectivity index (χ3v) is 3.91. The first kappa shape index (κ1) is 15.3. The third kappa shape index (κ3) is 4.18. The quantitative estimate of drug-likeness (QED) is 0.865. The second-order valence-corrected chi connectivity index (χ2v) is 5.41. The van der Waals surface area contributed by atoms with E-state index >= 15 is 0 Å². The van der Waals surface area contributed by atoms with Gasteiger partial charge in [0.2, 0.25) is 5.91 Å². The molecule has 1 atom stereocenters. The number of carbonyl (C=O) groups excluding carboxylic acids is 1. The Kier molecular flexibility index (Phi) is 5.14. The summed E-state index contributed by atoms with van der Waals surface area (Å²) < 4.78 is 0. The summed E-state index contributed by atoms with van der Waals surface area (Å²) in [4.78, 5) is 24.6. The van der Waals surface area contributed by atoms with E-state index in [1.165, 1.54) is 0 Å². The van der Waals surface area contributed by atoms with Gasteiger partial charge < -0.3 is 10.0 Å². The van der Waals surface area contributed by atoms with Crippen LogP contribution in [0.3, 0.4) is 0 Å². The molecule has 1 fully saturated rings. The molecule has 1 amide bonds. The summed E-state index contributed by atoms with van der Waals surface area (Å²) in [6.07, 6.45) is 6.50. The van der Waals surface area contributed by atoms with Crippen molar-refractivity contribution in [1.29, 1.82) is 0 Å². The first-order chi connectivity index (χ1) is 10.1. The highest BCUT2D eigenvalue weighted by atomic mass is 16.4. The highest BCUT2D eigenvalue weighted by molar-refractivity contribution is 5.85. The molecule has 0 spiro atoms. The second kappa shape index (κ2) is 7.07. The maximum atomic E-state index is 12.1. The molecule has 1 aromatic rings. The Morgan fingerprint density at radius 2 is 1.95 bits per heavy atom. The van der Waals surface area contributed by atoms with Crippen molar-refractivity contribution < 1.29 is 14.7 Å². The molecule has 1 aromatic carbocycles. The zero-order valence-electron chi connectivity index (χ0n) is 12.3. The Hall–Kier alpha value is -2.10. The lowest BCUT2D eigenvalue weighted by Gasteiger charge is -2.28. The molecular weight excluding hydrogens is 266 g/mol. The first-order valence-electron chi connectivity index (χ1n) is 7.38. The van der Waals surface area contributed by atoms with Gasteiger partial charge in [-0.3, -0.25) is 4.79 Å². The standard InChI is InChI=1S/C17H21NO3/c1-13(18-12-4-2-3-5-16(18)19)15-9-6-14(7-10-15)8-11-17(20)21/h6-11,13H,2-5,12H2,1H3,(H,20,21). The van der Waals surface area contributed by atoms with Crippen molar-refractivity contribution in [2.75, 3.05) is 6.54 Å². The van der Waals surface area contributed by atoms with Gasteiger partial charge in [-0.05, 0) is 37.0 Å². The lowest BCUT2D eigenvalue weighted by atomic mass is 10.0. The fraction of sp³-hybridized carbons (Fsp3) is 0.412. The van der Waals surface area contributed by atoms with Gasteiger partial charge in [0.25, 0.3) is 0 Å². The predicted molar refractivity (Wildman–Crippen MR) is 81.7 cm³/mol. The van der Waals surface area contributed by atoms with Crippen LogP contribution in [-0.4, -0.2) is 28.4 Å². The number of carboxylic acid groups (broad SMARTS) is 1. The van der Waals surface area contributed by atoms with Gasteiger partial charge in [0, 0.05) is 19.0 Å². The molecule has 0 radical (unpaired) electrons. The van der Waals surface area contributed by atoms with Crippen LogP contribution in [0.1, 0.15) is 49.8 Å².